The predicted octanol–water partition coefficient (Wildman–Crippen LogP) is 3.74. The van der Waals surface area contributed by atoms with Gasteiger partial charge in [-0.3, -0.25) is 14.5 Å². The first kappa shape index (κ1) is 20.0. The molecule has 0 fully saturated rings. The van der Waals surface area contributed by atoms with Gasteiger partial charge in [0.05, 0.1) is 22.7 Å². The summed E-state index contributed by atoms with van der Waals surface area (Å²) < 4.78 is 0. The van der Waals surface area contributed by atoms with Crippen LogP contribution in [0.15, 0.2) is 47.4 Å². The maximum absolute atomic E-state index is 12.6. The summed E-state index contributed by atoms with van der Waals surface area (Å²) in [7, 11) is 2.13. The van der Waals surface area contributed by atoms with Crippen LogP contribution in [0.3, 0.4) is 0 Å². The zero-order valence-electron chi connectivity index (χ0n) is 17.1. The van der Waals surface area contributed by atoms with Gasteiger partial charge in [-0.05, 0) is 49.2 Å². The molecule has 2 aromatic carbocycles. The first-order valence-electron chi connectivity index (χ1n) is 10.2. The number of anilines is 1. The molecule has 0 aromatic heterocycles. The molecule has 0 bridgehead atoms. The first-order chi connectivity index (χ1) is 14.1. The van der Waals surface area contributed by atoms with E-state index in [1.54, 1.807) is 12.1 Å². The van der Waals surface area contributed by atoms with Crippen molar-refractivity contribution in [3.05, 3.63) is 59.2 Å². The second-order valence-electron chi connectivity index (χ2n) is 7.67. The normalized spacial score (nSPS) is 15.4. The van der Waals surface area contributed by atoms with E-state index in [-0.39, 0.29) is 11.8 Å². The van der Waals surface area contributed by atoms with Crippen LogP contribution in [0.25, 0.3) is 0 Å². The van der Waals surface area contributed by atoms with Gasteiger partial charge in [-0.15, -0.1) is 11.8 Å². The summed E-state index contributed by atoms with van der Waals surface area (Å²) in [5, 5.41) is 0. The number of nitrogens with zero attached hydrogens (tertiary/aromatic N) is 3. The summed E-state index contributed by atoms with van der Waals surface area (Å²) in [5.74, 6) is 0.685. The van der Waals surface area contributed by atoms with Crippen molar-refractivity contribution >= 4 is 29.3 Å². The van der Waals surface area contributed by atoms with Crippen LogP contribution in [0, 0.1) is 0 Å². The lowest BCUT2D eigenvalue weighted by atomic mass is 10.1. The lowest BCUT2D eigenvalue weighted by Crippen LogP contribution is -2.39. The third-order valence-corrected chi connectivity index (χ3v) is 6.78. The summed E-state index contributed by atoms with van der Waals surface area (Å²) in [4.78, 5) is 32.5. The molecule has 2 aromatic rings. The highest BCUT2D eigenvalue weighted by Gasteiger charge is 2.34. The van der Waals surface area contributed by atoms with Gasteiger partial charge in [-0.25, -0.2) is 0 Å². The summed E-state index contributed by atoms with van der Waals surface area (Å²) in [6.45, 7) is 5.21. The molecule has 0 spiro atoms. The minimum Gasteiger partial charge on any atom is -0.364 e. The zero-order valence-corrected chi connectivity index (χ0v) is 17.9. The number of thioether (sulfide) groups is 1. The van der Waals surface area contributed by atoms with E-state index in [0.29, 0.717) is 24.2 Å². The monoisotopic (exact) mass is 409 g/mol. The number of fused-ring (bicyclic) bond motifs is 2. The number of hydrogen-bond donors (Lipinski definition) is 0. The Kier molecular flexibility index (Phi) is 5.92. The molecule has 2 amide bonds. The van der Waals surface area contributed by atoms with Crippen molar-refractivity contribution in [1.82, 2.24) is 9.80 Å². The molecule has 29 heavy (non-hydrogen) atoms. The Bertz CT molecular complexity index is 895. The van der Waals surface area contributed by atoms with E-state index in [1.807, 2.05) is 23.9 Å². The Morgan fingerprint density at radius 1 is 1.00 bits per heavy atom. The smallest absolute Gasteiger partial charge is 0.261 e. The summed E-state index contributed by atoms with van der Waals surface area (Å²) >= 11 is 1.89. The van der Waals surface area contributed by atoms with Crippen LogP contribution < -0.4 is 4.90 Å². The third-order valence-electron chi connectivity index (χ3n) is 5.62. The fraction of sp³-hybridized carbons (Fsp3) is 0.391. The van der Waals surface area contributed by atoms with Gasteiger partial charge in [0.15, 0.2) is 0 Å². The number of benzene rings is 2. The molecule has 6 heteroatoms. The molecule has 2 heterocycles. The average molecular weight is 410 g/mol. The number of imide groups is 1. The first-order valence-corrected chi connectivity index (χ1v) is 11.2. The van der Waals surface area contributed by atoms with Crippen molar-refractivity contribution < 1.29 is 9.59 Å². The molecule has 152 valence electrons. The Hall–Kier alpha value is -2.31. The molecule has 0 radical (unpaired) electrons. The van der Waals surface area contributed by atoms with E-state index in [2.05, 4.69) is 42.0 Å². The minimum absolute atomic E-state index is 0.165. The topological polar surface area (TPSA) is 43.9 Å². The van der Waals surface area contributed by atoms with E-state index in [0.717, 1.165) is 31.8 Å². The van der Waals surface area contributed by atoms with E-state index < -0.39 is 0 Å². The van der Waals surface area contributed by atoms with Gasteiger partial charge in [0.2, 0.25) is 0 Å². The molecule has 0 saturated heterocycles. The van der Waals surface area contributed by atoms with Gasteiger partial charge < -0.3 is 9.80 Å². The third kappa shape index (κ3) is 4.05. The van der Waals surface area contributed by atoms with Gasteiger partial charge in [-0.2, -0.15) is 0 Å². The number of amides is 2. The van der Waals surface area contributed by atoms with Gasteiger partial charge >= 0.3 is 0 Å². The molecule has 0 saturated carbocycles. The lowest BCUT2D eigenvalue weighted by Gasteiger charge is -2.24. The van der Waals surface area contributed by atoms with Crippen LogP contribution in [0.2, 0.25) is 0 Å². The molecule has 5 nitrogen and oxygen atoms in total. The molecular formula is C23H27N3O2S. The van der Waals surface area contributed by atoms with Crippen LogP contribution in [-0.4, -0.2) is 60.7 Å². The summed E-state index contributed by atoms with van der Waals surface area (Å²) in [6.07, 6.45) is 2.02. The number of carbonyl (C=O) groups is 2. The molecule has 0 atom stereocenters. The highest BCUT2D eigenvalue weighted by molar-refractivity contribution is 7.99. The summed E-state index contributed by atoms with van der Waals surface area (Å²) in [6, 6.07) is 13.8. The maximum atomic E-state index is 12.6. The maximum Gasteiger partial charge on any atom is 0.261 e. The standard InChI is InChI=1S/C23H27N3O2S/c1-3-11-25(12-10-17-8-9-20-21(15-17)29-16-24(20)2)13-14-26-22(27)18-6-4-5-7-19(18)23(26)28/h4-9,15H,3,10-14,16H2,1-2H3. The fourth-order valence-electron chi connectivity index (χ4n) is 4.00. The van der Waals surface area contributed by atoms with E-state index in [4.69, 9.17) is 0 Å². The Morgan fingerprint density at radius 3 is 2.41 bits per heavy atom. The number of rotatable bonds is 8. The minimum atomic E-state index is -0.165. The number of carbonyl (C=O) groups excluding carboxylic acids is 2. The fourth-order valence-corrected chi connectivity index (χ4v) is 5.08. The molecule has 2 aliphatic heterocycles. The van der Waals surface area contributed by atoms with Crippen molar-refractivity contribution in [2.24, 2.45) is 0 Å². The summed E-state index contributed by atoms with van der Waals surface area (Å²) in [5.41, 5.74) is 3.71. The lowest BCUT2D eigenvalue weighted by molar-refractivity contribution is 0.0636. The van der Waals surface area contributed by atoms with Gasteiger partial charge in [-0.1, -0.05) is 25.1 Å². The van der Waals surface area contributed by atoms with Crippen LogP contribution in [-0.2, 0) is 6.42 Å². The predicted molar refractivity (Wildman–Crippen MR) is 118 cm³/mol. The van der Waals surface area contributed by atoms with E-state index in [1.165, 1.54) is 21.0 Å². The quantitative estimate of drug-likeness (QED) is 0.622. The molecule has 0 N–H and O–H groups in total. The van der Waals surface area contributed by atoms with Crippen molar-refractivity contribution in [3.8, 4) is 0 Å². The van der Waals surface area contributed by atoms with E-state index in [9.17, 15) is 9.59 Å². The van der Waals surface area contributed by atoms with Gasteiger partial charge in [0, 0.05) is 31.6 Å². The molecule has 0 aliphatic carbocycles. The second-order valence-corrected chi connectivity index (χ2v) is 8.66. The van der Waals surface area contributed by atoms with E-state index >= 15 is 0 Å². The Labute approximate surface area is 176 Å². The average Bonchev–Trinajstić information content (AvgIpc) is 3.22. The van der Waals surface area contributed by atoms with Crippen molar-refractivity contribution in [2.75, 3.05) is 44.0 Å². The zero-order chi connectivity index (χ0) is 20.4. The molecule has 0 unspecified atom stereocenters. The van der Waals surface area contributed by atoms with Crippen LogP contribution in [0.5, 0.6) is 0 Å². The van der Waals surface area contributed by atoms with Crippen LogP contribution >= 0.6 is 11.8 Å². The molecular weight excluding hydrogens is 382 g/mol. The van der Waals surface area contributed by atoms with Crippen molar-refractivity contribution in [3.63, 3.8) is 0 Å². The largest absolute Gasteiger partial charge is 0.364 e. The van der Waals surface area contributed by atoms with Gasteiger partial charge in [0.25, 0.3) is 11.8 Å². The highest BCUT2D eigenvalue weighted by atomic mass is 32.2. The highest BCUT2D eigenvalue weighted by Crippen LogP contribution is 2.37. The van der Waals surface area contributed by atoms with Crippen molar-refractivity contribution in [1.29, 1.82) is 0 Å². The Morgan fingerprint density at radius 2 is 1.72 bits per heavy atom. The number of hydrogen-bond acceptors (Lipinski definition) is 5. The molecule has 2 aliphatic rings. The van der Waals surface area contributed by atoms with Gasteiger partial charge in [0.1, 0.15) is 0 Å². The van der Waals surface area contributed by atoms with Crippen LogP contribution in [0.1, 0.15) is 39.6 Å². The second kappa shape index (κ2) is 8.59. The van der Waals surface area contributed by atoms with Crippen molar-refractivity contribution in [2.45, 2.75) is 24.7 Å². The van der Waals surface area contributed by atoms with Crippen LogP contribution in [0.4, 0.5) is 5.69 Å². The molecule has 4 rings (SSSR count). The Balaban J connectivity index is 1.35. The SMILES string of the molecule is CCCN(CCc1ccc2c(c1)SCN2C)CCN1C(=O)c2ccccc2C1=O.